The van der Waals surface area contributed by atoms with Crippen LogP contribution in [0.3, 0.4) is 0 Å². The number of ether oxygens (including phenoxy) is 4. The number of nitrogens with zero attached hydrogens (tertiary/aromatic N) is 5. The van der Waals surface area contributed by atoms with E-state index >= 15 is 0 Å². The van der Waals surface area contributed by atoms with Gasteiger partial charge in [-0.05, 0) is 68.3 Å². The average Bonchev–Trinajstić information content (AvgIpc) is 3.70. The summed E-state index contributed by atoms with van der Waals surface area (Å²) in [6.07, 6.45) is -2.26. The van der Waals surface area contributed by atoms with Crippen LogP contribution in [0.4, 0.5) is 22.0 Å². The number of aliphatic imine (C=N–C) groups is 2. The Morgan fingerprint density at radius 1 is 0.774 bits per heavy atom. The van der Waals surface area contributed by atoms with E-state index in [9.17, 15) is 31.5 Å². The Bertz CT molecular complexity index is 2440. The van der Waals surface area contributed by atoms with Crippen molar-refractivity contribution in [2.45, 2.75) is 80.7 Å². The SMILES string of the molecule is C[C@]1(F)CO[C@H]2C1OC(N)=N[C@]2(C)c1cc(CC(=O)c2cc[c-]cn2)ccc1F.C[C@]1(c2cc(CC(=O)c3ccc(C#N)cn3)ccc2F)N=C(N)OC2[C@@H]1OCC2(F)F.[CH3-].[Na+]. The summed E-state index contributed by atoms with van der Waals surface area (Å²) in [5, 5.41) is 8.83. The van der Waals surface area contributed by atoms with Crippen molar-refractivity contribution in [3.63, 3.8) is 0 Å². The fraction of sp³-hybridized carbons (Fsp3) is 0.349. The van der Waals surface area contributed by atoms with Crippen molar-refractivity contribution in [1.82, 2.24) is 9.97 Å². The van der Waals surface area contributed by atoms with Gasteiger partial charge in [0.15, 0.2) is 29.4 Å². The summed E-state index contributed by atoms with van der Waals surface area (Å²) in [6.45, 7) is 3.31. The first-order valence-electron chi connectivity index (χ1n) is 18.5. The number of hydrogen-bond donors (Lipinski definition) is 2. The van der Waals surface area contributed by atoms with Gasteiger partial charge in [0, 0.05) is 35.9 Å². The molecule has 4 aliphatic heterocycles. The first-order chi connectivity index (χ1) is 28.3. The Kier molecular flexibility index (Phi) is 14.0. The molecule has 2 unspecified atom stereocenters. The van der Waals surface area contributed by atoms with Crippen molar-refractivity contribution in [2.24, 2.45) is 21.5 Å². The molecule has 0 saturated carbocycles. The molecular weight excluding hydrogens is 828 g/mol. The van der Waals surface area contributed by atoms with Gasteiger partial charge < -0.3 is 37.8 Å². The van der Waals surface area contributed by atoms with Gasteiger partial charge in [-0.15, -0.1) is 0 Å². The quantitative estimate of drug-likeness (QED) is 0.114. The Morgan fingerprint density at radius 2 is 1.29 bits per heavy atom. The number of carbonyl (C=O) groups excluding carboxylic acids is 2. The van der Waals surface area contributed by atoms with Crippen LogP contribution in [0.5, 0.6) is 0 Å². The van der Waals surface area contributed by atoms with E-state index in [2.05, 4.69) is 26.0 Å². The molecule has 8 rings (SSSR count). The van der Waals surface area contributed by atoms with Crippen LogP contribution in [0.15, 0.2) is 83.0 Å². The summed E-state index contributed by atoms with van der Waals surface area (Å²) in [4.78, 5) is 41.3. The topological polar surface area (TPSA) is 197 Å². The molecule has 0 spiro atoms. The summed E-state index contributed by atoms with van der Waals surface area (Å²) in [6, 6.07) is 18.3. The van der Waals surface area contributed by atoms with E-state index in [0.29, 0.717) is 22.4 Å². The number of aromatic nitrogens is 2. The fourth-order valence-corrected chi connectivity index (χ4v) is 7.70. The zero-order valence-corrected chi connectivity index (χ0v) is 36.3. The van der Waals surface area contributed by atoms with Gasteiger partial charge in [-0.25, -0.2) is 35.3 Å². The van der Waals surface area contributed by atoms with Crippen molar-refractivity contribution >= 4 is 23.6 Å². The van der Waals surface area contributed by atoms with Crippen molar-refractivity contribution in [2.75, 3.05) is 13.2 Å². The average molecular weight is 869 g/mol. The maximum absolute atomic E-state index is 14.8. The maximum Gasteiger partial charge on any atom is 1.00 e. The van der Waals surface area contributed by atoms with Crippen LogP contribution >= 0.6 is 0 Å². The molecule has 0 bridgehead atoms. The van der Waals surface area contributed by atoms with Crippen molar-refractivity contribution in [3.05, 3.63) is 137 Å². The van der Waals surface area contributed by atoms with Crippen LogP contribution in [0.1, 0.15) is 69.6 Å². The molecule has 7 atom stereocenters. The minimum absolute atomic E-state index is 0. The molecule has 2 saturated heterocycles. The second-order valence-corrected chi connectivity index (χ2v) is 15.3. The van der Waals surface area contributed by atoms with E-state index < -0.39 is 71.3 Å². The molecular formula is C43H40F5N7NaO6-. The first kappa shape index (κ1) is 47.7. The Labute approximate surface area is 376 Å². The minimum Gasteiger partial charge on any atom is -0.456 e. The molecule has 4 aromatic rings. The predicted octanol–water partition coefficient (Wildman–Crippen LogP) is 2.44. The van der Waals surface area contributed by atoms with E-state index in [1.54, 1.807) is 25.1 Å². The van der Waals surface area contributed by atoms with Crippen LogP contribution in [0, 0.1) is 36.5 Å². The second-order valence-electron chi connectivity index (χ2n) is 15.3. The zero-order chi connectivity index (χ0) is 43.2. The Morgan fingerprint density at radius 3 is 1.79 bits per heavy atom. The third kappa shape index (κ3) is 9.23. The molecule has 2 aromatic heterocycles. The number of carbonyl (C=O) groups is 2. The molecule has 0 aliphatic carbocycles. The molecule has 62 heavy (non-hydrogen) atoms. The monoisotopic (exact) mass is 868 g/mol. The van der Waals surface area contributed by atoms with Gasteiger partial charge in [-0.1, -0.05) is 18.3 Å². The molecule has 2 aromatic carbocycles. The molecule has 6 heterocycles. The van der Waals surface area contributed by atoms with Crippen LogP contribution in [0.2, 0.25) is 0 Å². The number of rotatable bonds is 8. The summed E-state index contributed by atoms with van der Waals surface area (Å²) in [7, 11) is 0. The van der Waals surface area contributed by atoms with Crippen LogP contribution in [0.25, 0.3) is 0 Å². The van der Waals surface area contributed by atoms with Gasteiger partial charge in [0.1, 0.15) is 53.3 Å². The standard InChI is InChI=1S/C21H17F3N4O3.C21H20F2N3O3.CH3.Na/c1-20(17-18(31-19(26)28-20)21(23,24)10-30-17)13-6-11(2-4-14(13)22)7-16(29)15-5-3-12(8-25)9-27-15;1-20(23)11-28-18-17(20)29-19(24)26-21(18,2)13-9-12(6-7-14(13)22)10-16(27)15-5-3-4-8-25-15;;/h2-6,9,17-18H,7,10H2,1H3,(H2,26,28);3,5-9,17-18H,10-11H2,1-2H3,(H2,24,26);1H3;/q;2*-1;+1/t17-,18?,20+;17?,18-,20-,21+;;/m00../s1. The number of alkyl halides is 3. The Balaban J connectivity index is 0.000000227. The molecule has 0 amide bonds. The third-order valence-electron chi connectivity index (χ3n) is 10.8. The van der Waals surface area contributed by atoms with Gasteiger partial charge in [-0.3, -0.25) is 19.6 Å². The zero-order valence-electron chi connectivity index (χ0n) is 34.3. The van der Waals surface area contributed by atoms with Gasteiger partial charge in [0.05, 0.1) is 12.2 Å². The van der Waals surface area contributed by atoms with E-state index in [1.807, 2.05) is 6.07 Å². The van der Waals surface area contributed by atoms with E-state index in [4.69, 9.17) is 35.7 Å². The maximum atomic E-state index is 14.8. The molecule has 13 nitrogen and oxygen atoms in total. The van der Waals surface area contributed by atoms with E-state index in [-0.39, 0.29) is 90.8 Å². The molecule has 320 valence electrons. The summed E-state index contributed by atoms with van der Waals surface area (Å²) >= 11 is 0. The fourth-order valence-electron chi connectivity index (χ4n) is 7.70. The number of halogens is 5. The molecule has 4 N–H and O–H groups in total. The minimum atomic E-state index is -3.31. The van der Waals surface area contributed by atoms with E-state index in [1.165, 1.54) is 62.6 Å². The first-order valence-corrected chi connectivity index (χ1v) is 18.5. The Hall–Kier alpha value is -5.32. The van der Waals surface area contributed by atoms with Gasteiger partial charge in [-0.2, -0.15) is 20.1 Å². The predicted molar refractivity (Wildman–Crippen MR) is 209 cm³/mol. The largest absolute Gasteiger partial charge is 1.00 e. The van der Waals surface area contributed by atoms with E-state index in [0.717, 1.165) is 6.07 Å². The molecule has 19 heteroatoms. The summed E-state index contributed by atoms with van der Waals surface area (Å²) in [5.74, 6) is -5.14. The van der Waals surface area contributed by atoms with Crippen molar-refractivity contribution in [1.29, 1.82) is 5.26 Å². The number of nitriles is 1. The van der Waals surface area contributed by atoms with Crippen molar-refractivity contribution < 1.29 is 80.0 Å². The number of pyridine rings is 2. The van der Waals surface area contributed by atoms with Gasteiger partial charge >= 0.3 is 35.5 Å². The van der Waals surface area contributed by atoms with Crippen molar-refractivity contribution in [3.8, 4) is 6.07 Å². The van der Waals surface area contributed by atoms with Gasteiger partial charge in [0.25, 0.3) is 12.0 Å². The van der Waals surface area contributed by atoms with Crippen LogP contribution < -0.4 is 41.0 Å². The van der Waals surface area contributed by atoms with Gasteiger partial charge in [0.2, 0.25) is 0 Å². The number of amidine groups is 2. The molecule has 4 aliphatic rings. The summed E-state index contributed by atoms with van der Waals surface area (Å²) < 4.78 is 94.1. The number of benzene rings is 2. The molecule has 0 radical (unpaired) electrons. The van der Waals surface area contributed by atoms with Crippen LogP contribution in [-0.2, 0) is 42.9 Å². The normalized spacial score (nSPS) is 27.7. The molecule has 2 fully saturated rings. The number of hydrogen-bond acceptors (Lipinski definition) is 13. The number of ketones is 2. The number of nitrogens with two attached hydrogens (primary N) is 2. The van der Waals surface area contributed by atoms with Crippen LogP contribution in [-0.4, -0.2) is 82.8 Å². The smallest absolute Gasteiger partial charge is 0.456 e. The third-order valence-corrected chi connectivity index (χ3v) is 10.8. The number of fused-ring (bicyclic) bond motifs is 2. The second kappa shape index (κ2) is 18.2. The number of Topliss-reactive ketones (excluding diaryl/α,β-unsaturated/α-hetero) is 2. The summed E-state index contributed by atoms with van der Waals surface area (Å²) in [5.41, 5.74) is 8.61.